The van der Waals surface area contributed by atoms with E-state index in [1.165, 1.54) is 0 Å². The molecule has 1 aliphatic rings. The minimum absolute atomic E-state index is 0.0542. The van der Waals surface area contributed by atoms with Crippen LogP contribution in [0.2, 0.25) is 0 Å². The summed E-state index contributed by atoms with van der Waals surface area (Å²) >= 11 is 1.61. The van der Waals surface area contributed by atoms with Crippen molar-refractivity contribution < 1.29 is 9.90 Å². The maximum atomic E-state index is 12.2. The number of nitrogens with zero attached hydrogens (tertiary/aromatic N) is 1. The van der Waals surface area contributed by atoms with Crippen LogP contribution in [0.15, 0.2) is 16.8 Å². The number of thiophene rings is 1. The standard InChI is InChI=1S/C12H17NO2S/c1-9(10-4-7-16-8-10)12(15)13(5-6-14)11-2-3-11/h4,7-9,11,14H,2-3,5-6H2,1H3. The van der Waals surface area contributed by atoms with E-state index >= 15 is 0 Å². The van der Waals surface area contributed by atoms with Gasteiger partial charge >= 0.3 is 0 Å². The molecule has 4 heteroatoms. The van der Waals surface area contributed by atoms with E-state index < -0.39 is 0 Å². The van der Waals surface area contributed by atoms with Crippen molar-refractivity contribution in [3.05, 3.63) is 22.4 Å². The highest BCUT2D eigenvalue weighted by atomic mass is 32.1. The second-order valence-electron chi connectivity index (χ2n) is 4.26. The Kier molecular flexibility index (Phi) is 3.61. The molecule has 0 saturated heterocycles. The molecule has 88 valence electrons. The van der Waals surface area contributed by atoms with E-state index in [-0.39, 0.29) is 18.4 Å². The van der Waals surface area contributed by atoms with E-state index in [0.29, 0.717) is 12.6 Å². The number of aliphatic hydroxyl groups is 1. The van der Waals surface area contributed by atoms with E-state index in [0.717, 1.165) is 18.4 Å². The van der Waals surface area contributed by atoms with Gasteiger partial charge in [-0.25, -0.2) is 0 Å². The number of rotatable bonds is 5. The molecular formula is C12H17NO2S. The average Bonchev–Trinajstić information content (AvgIpc) is 2.98. The molecule has 1 aromatic heterocycles. The summed E-state index contributed by atoms with van der Waals surface area (Å²) in [6.45, 7) is 2.47. The van der Waals surface area contributed by atoms with Crippen molar-refractivity contribution in [1.29, 1.82) is 0 Å². The maximum Gasteiger partial charge on any atom is 0.230 e. The smallest absolute Gasteiger partial charge is 0.230 e. The van der Waals surface area contributed by atoms with Crippen molar-refractivity contribution in [1.82, 2.24) is 4.90 Å². The van der Waals surface area contributed by atoms with Crippen molar-refractivity contribution in [2.24, 2.45) is 0 Å². The van der Waals surface area contributed by atoms with Crippen molar-refractivity contribution in [2.45, 2.75) is 31.7 Å². The summed E-state index contributed by atoms with van der Waals surface area (Å²) in [5, 5.41) is 13.0. The van der Waals surface area contributed by atoms with Crippen LogP contribution < -0.4 is 0 Å². The molecule has 1 saturated carbocycles. The molecule has 1 heterocycles. The molecule has 1 unspecified atom stereocenters. The molecule has 0 bridgehead atoms. The summed E-state index contributed by atoms with van der Waals surface area (Å²) in [5.41, 5.74) is 1.08. The van der Waals surface area contributed by atoms with Crippen molar-refractivity contribution in [2.75, 3.05) is 13.2 Å². The lowest BCUT2D eigenvalue weighted by Crippen LogP contribution is -2.38. The molecule has 2 rings (SSSR count). The van der Waals surface area contributed by atoms with Crippen molar-refractivity contribution >= 4 is 17.2 Å². The first-order valence-corrected chi connectivity index (χ1v) is 6.61. The number of carbonyl (C=O) groups excluding carboxylic acids is 1. The second kappa shape index (κ2) is 4.97. The SMILES string of the molecule is CC(C(=O)N(CCO)C1CC1)c1ccsc1. The fraction of sp³-hybridized carbons (Fsp3) is 0.583. The Morgan fingerprint density at radius 3 is 2.94 bits per heavy atom. The number of amides is 1. The van der Waals surface area contributed by atoms with Gasteiger partial charge in [0.1, 0.15) is 0 Å². The van der Waals surface area contributed by atoms with Gasteiger partial charge < -0.3 is 10.0 Å². The highest BCUT2D eigenvalue weighted by molar-refractivity contribution is 7.08. The van der Waals surface area contributed by atoms with E-state index in [4.69, 9.17) is 5.11 Å². The van der Waals surface area contributed by atoms with Crippen LogP contribution in [0, 0.1) is 0 Å². The van der Waals surface area contributed by atoms with Gasteiger partial charge in [0.05, 0.1) is 12.5 Å². The zero-order valence-electron chi connectivity index (χ0n) is 9.43. The maximum absolute atomic E-state index is 12.2. The van der Waals surface area contributed by atoms with Gasteiger partial charge in [0.25, 0.3) is 0 Å². The first-order valence-electron chi connectivity index (χ1n) is 5.67. The molecule has 16 heavy (non-hydrogen) atoms. The summed E-state index contributed by atoms with van der Waals surface area (Å²) in [6, 6.07) is 2.37. The fourth-order valence-corrected chi connectivity index (χ4v) is 2.63. The Hall–Kier alpha value is -0.870. The molecule has 0 aromatic carbocycles. The third kappa shape index (κ3) is 2.44. The molecule has 1 fully saturated rings. The van der Waals surface area contributed by atoms with Crippen molar-refractivity contribution in [3.8, 4) is 0 Å². The minimum atomic E-state index is -0.0848. The Morgan fingerprint density at radius 2 is 2.44 bits per heavy atom. The van der Waals surface area contributed by atoms with Gasteiger partial charge in [-0.1, -0.05) is 0 Å². The van der Waals surface area contributed by atoms with Crippen LogP contribution in [0.1, 0.15) is 31.2 Å². The van der Waals surface area contributed by atoms with Crippen LogP contribution in [0.4, 0.5) is 0 Å². The normalized spacial score (nSPS) is 17.1. The molecule has 0 radical (unpaired) electrons. The number of hydrogen-bond donors (Lipinski definition) is 1. The van der Waals surface area contributed by atoms with E-state index in [1.54, 1.807) is 11.3 Å². The predicted octanol–water partition coefficient (Wildman–Crippen LogP) is 1.83. The number of carbonyl (C=O) groups is 1. The van der Waals surface area contributed by atoms with Gasteiger partial charge in [0.2, 0.25) is 5.91 Å². The third-order valence-corrected chi connectivity index (χ3v) is 3.73. The lowest BCUT2D eigenvalue weighted by Gasteiger charge is -2.24. The zero-order valence-corrected chi connectivity index (χ0v) is 10.2. The van der Waals surface area contributed by atoms with Crippen LogP contribution >= 0.6 is 11.3 Å². The lowest BCUT2D eigenvalue weighted by atomic mass is 10.0. The van der Waals surface area contributed by atoms with Gasteiger partial charge in [0.15, 0.2) is 0 Å². The highest BCUT2D eigenvalue weighted by Gasteiger charge is 2.34. The third-order valence-electron chi connectivity index (χ3n) is 3.03. The molecule has 1 amide bonds. The largest absolute Gasteiger partial charge is 0.395 e. The average molecular weight is 239 g/mol. The van der Waals surface area contributed by atoms with E-state index in [1.807, 2.05) is 28.7 Å². The first kappa shape index (κ1) is 11.6. The monoisotopic (exact) mass is 239 g/mol. The molecule has 1 aromatic rings. The quantitative estimate of drug-likeness (QED) is 0.851. The number of hydrogen-bond acceptors (Lipinski definition) is 3. The Balaban J connectivity index is 2.04. The van der Waals surface area contributed by atoms with Gasteiger partial charge in [-0.2, -0.15) is 11.3 Å². The Labute approximate surface area is 99.7 Å². The van der Waals surface area contributed by atoms with Crippen LogP contribution in [-0.2, 0) is 4.79 Å². The van der Waals surface area contributed by atoms with Crippen LogP contribution in [0.25, 0.3) is 0 Å². The summed E-state index contributed by atoms with van der Waals surface area (Å²) in [5.74, 6) is 0.0633. The molecule has 3 nitrogen and oxygen atoms in total. The molecule has 1 N–H and O–H groups in total. The first-order chi connectivity index (χ1) is 7.74. The zero-order chi connectivity index (χ0) is 11.5. The van der Waals surface area contributed by atoms with Gasteiger partial charge in [-0.05, 0) is 42.2 Å². The van der Waals surface area contributed by atoms with Crippen LogP contribution in [-0.4, -0.2) is 35.1 Å². The molecule has 1 atom stereocenters. The highest BCUT2D eigenvalue weighted by Crippen LogP contribution is 2.30. The minimum Gasteiger partial charge on any atom is -0.395 e. The van der Waals surface area contributed by atoms with E-state index in [2.05, 4.69) is 0 Å². The predicted molar refractivity (Wildman–Crippen MR) is 64.6 cm³/mol. The Bertz CT molecular complexity index is 346. The summed E-state index contributed by atoms with van der Waals surface area (Å²) < 4.78 is 0. The number of aliphatic hydroxyl groups excluding tert-OH is 1. The van der Waals surface area contributed by atoms with E-state index in [9.17, 15) is 4.79 Å². The van der Waals surface area contributed by atoms with Gasteiger partial charge in [-0.3, -0.25) is 4.79 Å². The fourth-order valence-electron chi connectivity index (χ4n) is 1.88. The molecule has 1 aliphatic carbocycles. The van der Waals surface area contributed by atoms with Gasteiger partial charge in [-0.15, -0.1) is 0 Å². The summed E-state index contributed by atoms with van der Waals surface area (Å²) in [6.07, 6.45) is 2.17. The summed E-state index contributed by atoms with van der Waals surface area (Å²) in [7, 11) is 0. The van der Waals surface area contributed by atoms with Gasteiger partial charge in [0, 0.05) is 12.6 Å². The van der Waals surface area contributed by atoms with Crippen LogP contribution in [0.5, 0.6) is 0 Å². The van der Waals surface area contributed by atoms with Crippen molar-refractivity contribution in [3.63, 3.8) is 0 Å². The molecule has 0 aliphatic heterocycles. The Morgan fingerprint density at radius 1 is 1.69 bits per heavy atom. The molecular weight excluding hydrogens is 222 g/mol. The molecule has 0 spiro atoms. The topological polar surface area (TPSA) is 40.5 Å². The summed E-state index contributed by atoms with van der Waals surface area (Å²) in [4.78, 5) is 14.1. The van der Waals surface area contributed by atoms with Crippen LogP contribution in [0.3, 0.4) is 0 Å². The lowest BCUT2D eigenvalue weighted by molar-refractivity contribution is -0.133. The second-order valence-corrected chi connectivity index (χ2v) is 5.04.